The monoisotopic (exact) mass is 320 g/mol. The summed E-state index contributed by atoms with van der Waals surface area (Å²) >= 11 is 0. The maximum absolute atomic E-state index is 12.6. The van der Waals surface area contributed by atoms with Gasteiger partial charge in [-0.2, -0.15) is 0 Å². The normalized spacial score (nSPS) is 29.4. The third-order valence-corrected chi connectivity index (χ3v) is 6.66. The Labute approximate surface area is 140 Å². The molecule has 0 heterocycles. The van der Waals surface area contributed by atoms with Gasteiger partial charge in [-0.25, -0.2) is 0 Å². The van der Waals surface area contributed by atoms with Crippen molar-refractivity contribution in [2.45, 2.75) is 83.1 Å². The number of carbonyl (C=O) groups excluding carboxylic acids is 2. The zero-order valence-corrected chi connectivity index (χ0v) is 14.3. The van der Waals surface area contributed by atoms with Crippen LogP contribution in [0.5, 0.6) is 0 Å². The third-order valence-electron chi connectivity index (χ3n) is 6.66. The van der Waals surface area contributed by atoms with Crippen LogP contribution in [0.1, 0.15) is 77.0 Å². The summed E-state index contributed by atoms with van der Waals surface area (Å²) in [5.41, 5.74) is 5.57. The first-order valence-corrected chi connectivity index (χ1v) is 9.74. The van der Waals surface area contributed by atoms with E-state index in [0.29, 0.717) is 12.3 Å². The predicted molar refractivity (Wildman–Crippen MR) is 90.5 cm³/mol. The summed E-state index contributed by atoms with van der Waals surface area (Å²) in [4.78, 5) is 24.3. The van der Waals surface area contributed by atoms with Crippen molar-refractivity contribution in [1.82, 2.24) is 5.32 Å². The Morgan fingerprint density at radius 1 is 0.870 bits per heavy atom. The number of rotatable bonds is 6. The van der Waals surface area contributed by atoms with Crippen molar-refractivity contribution in [3.8, 4) is 0 Å². The van der Waals surface area contributed by atoms with E-state index in [1.165, 1.54) is 38.5 Å². The Hall–Kier alpha value is -1.06. The molecule has 2 atom stereocenters. The molecule has 0 aromatic carbocycles. The zero-order chi connectivity index (χ0) is 16.2. The molecule has 4 heteroatoms. The van der Waals surface area contributed by atoms with E-state index in [9.17, 15) is 9.59 Å². The molecule has 3 rings (SSSR count). The van der Waals surface area contributed by atoms with Crippen LogP contribution in [0.25, 0.3) is 0 Å². The van der Waals surface area contributed by atoms with Gasteiger partial charge >= 0.3 is 0 Å². The first-order valence-electron chi connectivity index (χ1n) is 9.74. The lowest BCUT2D eigenvalue weighted by molar-refractivity contribution is -0.126. The van der Waals surface area contributed by atoms with Gasteiger partial charge in [0.15, 0.2) is 0 Å². The van der Waals surface area contributed by atoms with Gasteiger partial charge < -0.3 is 11.1 Å². The first kappa shape index (κ1) is 16.8. The van der Waals surface area contributed by atoms with Gasteiger partial charge in [0.1, 0.15) is 0 Å². The highest BCUT2D eigenvalue weighted by Gasteiger charge is 2.38. The smallest absolute Gasteiger partial charge is 0.222 e. The molecule has 0 saturated heterocycles. The molecule has 3 fully saturated rings. The van der Waals surface area contributed by atoms with Gasteiger partial charge in [0.2, 0.25) is 11.8 Å². The standard InChI is InChI=1S/C19H32N2O2/c20-19(23)15-10-2-1-3-11-17(15)21-18(22)12-16(13-6-4-7-13)14-8-5-9-14/h13-17H,1-12H2,(H2,20,23)(H,21,22). The average Bonchev–Trinajstić information content (AvgIpc) is 2.59. The summed E-state index contributed by atoms with van der Waals surface area (Å²) in [5.74, 6) is 1.86. The Morgan fingerprint density at radius 3 is 2.00 bits per heavy atom. The molecule has 0 radical (unpaired) electrons. The highest BCUT2D eigenvalue weighted by atomic mass is 16.2. The molecule has 0 aliphatic heterocycles. The Morgan fingerprint density at radius 2 is 1.48 bits per heavy atom. The molecular formula is C19H32N2O2. The van der Waals surface area contributed by atoms with Crippen molar-refractivity contribution in [3.63, 3.8) is 0 Å². The van der Waals surface area contributed by atoms with Crippen LogP contribution in [0, 0.1) is 23.7 Å². The fraction of sp³-hybridized carbons (Fsp3) is 0.895. The molecule has 4 nitrogen and oxygen atoms in total. The van der Waals surface area contributed by atoms with E-state index >= 15 is 0 Å². The SMILES string of the molecule is NC(=O)C1CCCCCC1NC(=O)CC(C1CCC1)C1CCC1. The maximum atomic E-state index is 12.6. The van der Waals surface area contributed by atoms with Crippen molar-refractivity contribution < 1.29 is 9.59 Å². The highest BCUT2D eigenvalue weighted by molar-refractivity contribution is 5.80. The summed E-state index contributed by atoms with van der Waals surface area (Å²) in [6.07, 6.45) is 13.6. The van der Waals surface area contributed by atoms with E-state index in [1.807, 2.05) is 0 Å². The van der Waals surface area contributed by atoms with Crippen LogP contribution in [0.2, 0.25) is 0 Å². The minimum Gasteiger partial charge on any atom is -0.369 e. The van der Waals surface area contributed by atoms with Crippen LogP contribution >= 0.6 is 0 Å². The molecule has 3 aliphatic carbocycles. The van der Waals surface area contributed by atoms with E-state index < -0.39 is 0 Å². The molecule has 23 heavy (non-hydrogen) atoms. The summed E-state index contributed by atoms with van der Waals surface area (Å²) in [7, 11) is 0. The Kier molecular flexibility index (Phi) is 5.60. The molecule has 130 valence electrons. The number of amides is 2. The number of nitrogens with two attached hydrogens (primary N) is 1. The fourth-order valence-electron chi connectivity index (χ4n) is 4.75. The van der Waals surface area contributed by atoms with Gasteiger partial charge in [0, 0.05) is 12.5 Å². The van der Waals surface area contributed by atoms with E-state index in [2.05, 4.69) is 5.32 Å². The van der Waals surface area contributed by atoms with Gasteiger partial charge in [0.05, 0.1) is 5.92 Å². The lowest BCUT2D eigenvalue weighted by Gasteiger charge is -2.42. The van der Waals surface area contributed by atoms with Crippen molar-refractivity contribution in [2.75, 3.05) is 0 Å². The molecule has 3 aliphatic rings. The molecule has 0 aromatic heterocycles. The second-order valence-corrected chi connectivity index (χ2v) is 8.07. The van der Waals surface area contributed by atoms with Gasteiger partial charge in [-0.05, 0) is 30.6 Å². The lowest BCUT2D eigenvalue weighted by Crippen LogP contribution is -2.46. The largest absolute Gasteiger partial charge is 0.369 e. The molecule has 3 N–H and O–H groups in total. The van der Waals surface area contributed by atoms with E-state index in [1.54, 1.807) is 0 Å². The summed E-state index contributed by atoms with van der Waals surface area (Å²) in [6.45, 7) is 0. The lowest BCUT2D eigenvalue weighted by atomic mass is 9.63. The van der Waals surface area contributed by atoms with Crippen molar-refractivity contribution >= 4 is 11.8 Å². The summed E-state index contributed by atoms with van der Waals surface area (Å²) < 4.78 is 0. The van der Waals surface area contributed by atoms with Crippen LogP contribution in [-0.4, -0.2) is 17.9 Å². The molecule has 2 unspecified atom stereocenters. The summed E-state index contributed by atoms with van der Waals surface area (Å²) in [6, 6.07) is -0.0362. The molecule has 2 amide bonds. The maximum Gasteiger partial charge on any atom is 0.222 e. The third kappa shape index (κ3) is 4.07. The van der Waals surface area contributed by atoms with Crippen molar-refractivity contribution in [2.24, 2.45) is 29.4 Å². The minimum atomic E-state index is -0.244. The van der Waals surface area contributed by atoms with Crippen LogP contribution in [0.4, 0.5) is 0 Å². The van der Waals surface area contributed by atoms with Crippen LogP contribution in [0.15, 0.2) is 0 Å². The highest BCUT2D eigenvalue weighted by Crippen LogP contribution is 2.46. The second-order valence-electron chi connectivity index (χ2n) is 8.07. The number of nitrogens with one attached hydrogen (secondary N) is 1. The molecule has 0 spiro atoms. The molecule has 0 bridgehead atoms. The Bertz CT molecular complexity index is 415. The van der Waals surface area contributed by atoms with E-state index in [0.717, 1.165) is 43.9 Å². The van der Waals surface area contributed by atoms with Crippen LogP contribution in [-0.2, 0) is 9.59 Å². The number of primary amides is 1. The van der Waals surface area contributed by atoms with Crippen LogP contribution < -0.4 is 11.1 Å². The molecule has 0 aromatic rings. The second kappa shape index (κ2) is 7.67. The molecular weight excluding hydrogens is 288 g/mol. The number of carbonyl (C=O) groups is 2. The predicted octanol–water partition coefficient (Wildman–Crippen LogP) is 3.14. The zero-order valence-electron chi connectivity index (χ0n) is 14.3. The summed E-state index contributed by atoms with van der Waals surface area (Å²) in [5, 5.41) is 3.19. The average molecular weight is 320 g/mol. The quantitative estimate of drug-likeness (QED) is 0.738. The van der Waals surface area contributed by atoms with E-state index in [-0.39, 0.29) is 23.8 Å². The van der Waals surface area contributed by atoms with Crippen molar-refractivity contribution in [1.29, 1.82) is 0 Å². The van der Waals surface area contributed by atoms with Gasteiger partial charge in [-0.15, -0.1) is 0 Å². The van der Waals surface area contributed by atoms with Crippen molar-refractivity contribution in [3.05, 3.63) is 0 Å². The number of hydrogen-bond donors (Lipinski definition) is 2. The van der Waals surface area contributed by atoms with Crippen LogP contribution in [0.3, 0.4) is 0 Å². The molecule has 3 saturated carbocycles. The minimum absolute atomic E-state index is 0.0362. The fourth-order valence-corrected chi connectivity index (χ4v) is 4.75. The van der Waals surface area contributed by atoms with Gasteiger partial charge in [-0.3, -0.25) is 9.59 Å². The van der Waals surface area contributed by atoms with Gasteiger partial charge in [-0.1, -0.05) is 57.8 Å². The van der Waals surface area contributed by atoms with E-state index in [4.69, 9.17) is 5.73 Å². The topological polar surface area (TPSA) is 72.2 Å². The van der Waals surface area contributed by atoms with Gasteiger partial charge in [0.25, 0.3) is 0 Å². The number of hydrogen-bond acceptors (Lipinski definition) is 2. The first-order chi connectivity index (χ1) is 11.1. The Balaban J connectivity index is 1.56.